The first-order chi connectivity index (χ1) is 18.2. The van der Waals surface area contributed by atoms with Crippen molar-refractivity contribution in [1.82, 2.24) is 14.5 Å². The van der Waals surface area contributed by atoms with Crippen molar-refractivity contribution in [3.8, 4) is 28.3 Å². The van der Waals surface area contributed by atoms with E-state index in [2.05, 4.69) is 99.8 Å². The molecule has 1 aliphatic carbocycles. The van der Waals surface area contributed by atoms with Crippen LogP contribution < -0.4 is 11.1 Å². The number of anilines is 2. The lowest BCUT2D eigenvalue weighted by Crippen LogP contribution is -2.43. The molecular weight excluding hydrogens is 454 g/mol. The van der Waals surface area contributed by atoms with Crippen LogP contribution in [-0.4, -0.2) is 14.5 Å². The molecule has 5 heteroatoms. The van der Waals surface area contributed by atoms with Crippen LogP contribution in [0.25, 0.3) is 40.5 Å². The van der Waals surface area contributed by atoms with Crippen molar-refractivity contribution in [2.24, 2.45) is 5.73 Å². The molecule has 3 heterocycles. The van der Waals surface area contributed by atoms with Gasteiger partial charge < -0.3 is 11.1 Å². The number of rotatable bonds is 4. The molecule has 180 valence electrons. The van der Waals surface area contributed by atoms with Crippen molar-refractivity contribution < 1.29 is 0 Å². The monoisotopic (exact) mass is 481 g/mol. The molecule has 0 amide bonds. The molecule has 1 saturated carbocycles. The van der Waals surface area contributed by atoms with E-state index in [1.807, 2.05) is 24.4 Å². The minimum atomic E-state index is -0.192. The number of aromatic nitrogens is 3. The summed E-state index contributed by atoms with van der Waals surface area (Å²) in [4.78, 5) is 9.91. The van der Waals surface area contributed by atoms with E-state index < -0.39 is 0 Å². The first kappa shape index (κ1) is 21.8. The fourth-order valence-corrected chi connectivity index (χ4v) is 5.38. The van der Waals surface area contributed by atoms with Crippen LogP contribution in [-0.2, 0) is 5.54 Å². The summed E-state index contributed by atoms with van der Waals surface area (Å²) in [6.45, 7) is 0. The molecule has 0 bridgehead atoms. The number of nitrogens with two attached hydrogens (primary N) is 1. The van der Waals surface area contributed by atoms with E-state index in [1.165, 1.54) is 12.0 Å². The Morgan fingerprint density at radius 2 is 1.62 bits per heavy atom. The quantitative estimate of drug-likeness (QED) is 0.280. The second-order valence-electron chi connectivity index (χ2n) is 9.88. The van der Waals surface area contributed by atoms with Gasteiger partial charge in [-0.2, -0.15) is 0 Å². The summed E-state index contributed by atoms with van der Waals surface area (Å²) in [6.07, 6.45) is 9.33. The molecular formula is C32H27N5. The highest BCUT2D eigenvalue weighted by Gasteiger charge is 2.34. The first-order valence-corrected chi connectivity index (χ1v) is 12.8. The molecule has 2 aliphatic rings. The Morgan fingerprint density at radius 1 is 0.838 bits per heavy atom. The zero-order valence-corrected chi connectivity index (χ0v) is 20.4. The van der Waals surface area contributed by atoms with Gasteiger partial charge in [-0.15, -0.1) is 0 Å². The summed E-state index contributed by atoms with van der Waals surface area (Å²) in [6, 6.07) is 31.4. The minimum absolute atomic E-state index is 0.192. The van der Waals surface area contributed by atoms with Crippen molar-refractivity contribution in [2.45, 2.75) is 24.8 Å². The number of fused-ring (bicyclic) bond motifs is 5. The smallest absolute Gasteiger partial charge is 0.154 e. The summed E-state index contributed by atoms with van der Waals surface area (Å²) in [5.41, 5.74) is 14.8. The minimum Gasteiger partial charge on any atom is -0.338 e. The zero-order chi connectivity index (χ0) is 24.8. The number of benzene rings is 3. The van der Waals surface area contributed by atoms with Crippen molar-refractivity contribution in [3.63, 3.8) is 0 Å². The SMILES string of the molecule is NC1(c2ccc(-c3c(C=Cc4ccccc4)nc4n3-c3cccnc3Nc3ccccc3-4)cc2)CCC1. The maximum absolute atomic E-state index is 6.64. The highest BCUT2D eigenvalue weighted by molar-refractivity contribution is 5.89. The molecule has 0 spiro atoms. The molecule has 0 unspecified atom stereocenters. The zero-order valence-electron chi connectivity index (χ0n) is 20.4. The summed E-state index contributed by atoms with van der Waals surface area (Å²) < 4.78 is 2.24. The van der Waals surface area contributed by atoms with Gasteiger partial charge in [0.2, 0.25) is 0 Å². The molecule has 7 rings (SSSR count). The first-order valence-electron chi connectivity index (χ1n) is 12.8. The third kappa shape index (κ3) is 3.67. The molecule has 1 fully saturated rings. The van der Waals surface area contributed by atoms with Crippen molar-refractivity contribution in [1.29, 1.82) is 0 Å². The Morgan fingerprint density at radius 3 is 2.41 bits per heavy atom. The van der Waals surface area contributed by atoms with Gasteiger partial charge in [-0.25, -0.2) is 9.97 Å². The fraction of sp³-hybridized carbons (Fsp3) is 0.125. The number of para-hydroxylation sites is 1. The molecule has 1 aliphatic heterocycles. The summed E-state index contributed by atoms with van der Waals surface area (Å²) >= 11 is 0. The topological polar surface area (TPSA) is 68.8 Å². The van der Waals surface area contributed by atoms with Gasteiger partial charge >= 0.3 is 0 Å². The third-order valence-corrected chi connectivity index (χ3v) is 7.56. The van der Waals surface area contributed by atoms with E-state index in [0.717, 1.165) is 63.9 Å². The lowest BCUT2D eigenvalue weighted by Gasteiger charge is -2.38. The Hall–Kier alpha value is -4.48. The van der Waals surface area contributed by atoms with Crippen molar-refractivity contribution >= 4 is 23.7 Å². The number of hydrogen-bond donors (Lipinski definition) is 2. The summed E-state index contributed by atoms with van der Waals surface area (Å²) in [5, 5.41) is 3.53. The van der Waals surface area contributed by atoms with Crippen LogP contribution in [0.15, 0.2) is 97.2 Å². The van der Waals surface area contributed by atoms with E-state index in [1.54, 1.807) is 0 Å². The van der Waals surface area contributed by atoms with Gasteiger partial charge in [-0.3, -0.25) is 4.57 Å². The molecule has 0 radical (unpaired) electrons. The van der Waals surface area contributed by atoms with Crippen LogP contribution in [0, 0.1) is 0 Å². The molecule has 5 nitrogen and oxygen atoms in total. The second-order valence-corrected chi connectivity index (χ2v) is 9.88. The average molecular weight is 482 g/mol. The van der Waals surface area contributed by atoms with Crippen LogP contribution >= 0.6 is 0 Å². The van der Waals surface area contributed by atoms with Gasteiger partial charge in [0, 0.05) is 22.9 Å². The van der Waals surface area contributed by atoms with Crippen molar-refractivity contribution in [2.75, 3.05) is 5.32 Å². The lowest BCUT2D eigenvalue weighted by molar-refractivity contribution is 0.253. The molecule has 2 aromatic heterocycles. The predicted octanol–water partition coefficient (Wildman–Crippen LogP) is 7.17. The van der Waals surface area contributed by atoms with Gasteiger partial charge in [0.1, 0.15) is 5.82 Å². The molecule has 5 aromatic rings. The molecule has 3 N–H and O–H groups in total. The highest BCUT2D eigenvalue weighted by atomic mass is 15.2. The Balaban J connectivity index is 1.47. The molecule has 0 saturated heterocycles. The van der Waals surface area contributed by atoms with Crippen LogP contribution in [0.5, 0.6) is 0 Å². The molecule has 37 heavy (non-hydrogen) atoms. The van der Waals surface area contributed by atoms with E-state index in [0.29, 0.717) is 0 Å². The number of imidazole rings is 1. The Kier molecular flexibility index (Phi) is 5.05. The Bertz CT molecular complexity index is 1630. The maximum Gasteiger partial charge on any atom is 0.154 e. The van der Waals surface area contributed by atoms with Gasteiger partial charge in [-0.05, 0) is 60.7 Å². The van der Waals surface area contributed by atoms with Crippen LogP contribution in [0.1, 0.15) is 36.1 Å². The van der Waals surface area contributed by atoms with Gasteiger partial charge in [-0.1, -0.05) is 72.8 Å². The molecule has 3 aromatic carbocycles. The number of hydrogen-bond acceptors (Lipinski definition) is 4. The van der Waals surface area contributed by atoms with E-state index in [9.17, 15) is 0 Å². The summed E-state index contributed by atoms with van der Waals surface area (Å²) in [7, 11) is 0. The normalized spacial score (nSPS) is 15.2. The molecule has 0 atom stereocenters. The van der Waals surface area contributed by atoms with Crippen LogP contribution in [0.2, 0.25) is 0 Å². The predicted molar refractivity (Wildman–Crippen MR) is 151 cm³/mol. The van der Waals surface area contributed by atoms with Gasteiger partial charge in [0.15, 0.2) is 5.82 Å². The van der Waals surface area contributed by atoms with Gasteiger partial charge in [0.25, 0.3) is 0 Å². The van der Waals surface area contributed by atoms with E-state index >= 15 is 0 Å². The lowest BCUT2D eigenvalue weighted by atomic mass is 9.72. The maximum atomic E-state index is 6.64. The van der Waals surface area contributed by atoms with E-state index in [-0.39, 0.29) is 5.54 Å². The third-order valence-electron chi connectivity index (χ3n) is 7.56. The summed E-state index contributed by atoms with van der Waals surface area (Å²) in [5.74, 6) is 1.69. The standard InChI is InChI=1S/C32H27N5/c33-32(19-7-20-32)24-16-14-23(15-17-24)29-27(18-13-22-8-2-1-3-9-22)36-31-25-10-4-5-11-26(25)35-30-28(37(29)31)12-6-21-34-30/h1-6,8-18,21H,7,19-20,33H2,(H,34,35). The number of nitrogens with one attached hydrogen (secondary N) is 1. The Labute approximate surface area is 216 Å². The fourth-order valence-electron chi connectivity index (χ4n) is 5.38. The second kappa shape index (κ2) is 8.57. The number of pyridine rings is 1. The van der Waals surface area contributed by atoms with E-state index in [4.69, 9.17) is 10.7 Å². The highest BCUT2D eigenvalue weighted by Crippen LogP contribution is 2.43. The number of nitrogens with zero attached hydrogens (tertiary/aromatic N) is 3. The van der Waals surface area contributed by atoms with Crippen LogP contribution in [0.4, 0.5) is 11.5 Å². The van der Waals surface area contributed by atoms with Gasteiger partial charge in [0.05, 0.1) is 22.8 Å². The average Bonchev–Trinajstić information content (AvgIpc) is 3.24. The van der Waals surface area contributed by atoms with Crippen LogP contribution in [0.3, 0.4) is 0 Å². The van der Waals surface area contributed by atoms with Crippen molar-refractivity contribution in [3.05, 3.63) is 114 Å². The largest absolute Gasteiger partial charge is 0.338 e.